The summed E-state index contributed by atoms with van der Waals surface area (Å²) in [6.07, 6.45) is 3.46. The summed E-state index contributed by atoms with van der Waals surface area (Å²) >= 11 is 0. The van der Waals surface area contributed by atoms with Crippen molar-refractivity contribution in [1.82, 2.24) is 9.97 Å². The van der Waals surface area contributed by atoms with Crippen LogP contribution >= 0.6 is 0 Å². The van der Waals surface area contributed by atoms with E-state index in [1.165, 1.54) is 0 Å². The van der Waals surface area contributed by atoms with Crippen molar-refractivity contribution in [3.05, 3.63) is 72.6 Å². The normalized spacial score (nSPS) is 10.2. The number of ether oxygens (including phenoxy) is 1. The molecule has 0 atom stereocenters. The van der Waals surface area contributed by atoms with Gasteiger partial charge in [-0.15, -0.1) is 0 Å². The number of esters is 1. The fraction of sp³-hybridized carbons (Fsp3) is 0. The van der Waals surface area contributed by atoms with Crippen LogP contribution < -0.4 is 4.74 Å². The van der Waals surface area contributed by atoms with Gasteiger partial charge in [0, 0.05) is 18.0 Å². The summed E-state index contributed by atoms with van der Waals surface area (Å²) in [5, 5.41) is 0. The Hall–Kier alpha value is -2.88. The number of imidazole rings is 1. The highest BCUT2D eigenvalue weighted by Crippen LogP contribution is 2.19. The molecule has 3 rings (SSSR count). The predicted octanol–water partition coefficient (Wildman–Crippen LogP) is 3.30. The van der Waals surface area contributed by atoms with E-state index in [4.69, 9.17) is 4.74 Å². The van der Waals surface area contributed by atoms with Crippen LogP contribution in [0, 0.1) is 0 Å². The molecule has 1 aromatic heterocycles. The molecule has 4 nitrogen and oxygen atoms in total. The van der Waals surface area contributed by atoms with E-state index in [1.807, 2.05) is 18.2 Å². The molecule has 3 aromatic rings. The summed E-state index contributed by atoms with van der Waals surface area (Å²) in [6, 6.07) is 16.1. The smallest absolute Gasteiger partial charge is 0.343 e. The molecule has 0 unspecified atom stereocenters. The topological polar surface area (TPSA) is 55.0 Å². The molecule has 0 radical (unpaired) electrons. The molecular weight excluding hydrogens is 252 g/mol. The molecule has 0 aliphatic carbocycles. The Balaban J connectivity index is 1.74. The third kappa shape index (κ3) is 2.59. The van der Waals surface area contributed by atoms with Gasteiger partial charge in [0.15, 0.2) is 0 Å². The number of nitrogens with zero attached hydrogens (tertiary/aromatic N) is 1. The molecule has 4 heteroatoms. The molecular formula is C16H12N2O2. The number of aromatic nitrogens is 2. The molecule has 0 bridgehead atoms. The van der Waals surface area contributed by atoms with Crippen LogP contribution in [0.1, 0.15) is 10.4 Å². The van der Waals surface area contributed by atoms with E-state index in [0.29, 0.717) is 11.3 Å². The SMILES string of the molecule is O=C(Oc1ccc(-c2ncc[nH]2)cc1)c1ccccc1. The highest BCUT2D eigenvalue weighted by atomic mass is 16.5. The minimum absolute atomic E-state index is 0.364. The van der Waals surface area contributed by atoms with Crippen LogP contribution in [0.5, 0.6) is 5.75 Å². The zero-order chi connectivity index (χ0) is 13.8. The average Bonchev–Trinajstić information content (AvgIpc) is 3.03. The standard InChI is InChI=1S/C16H12N2O2/c19-16(13-4-2-1-3-5-13)20-14-8-6-12(7-9-14)15-17-10-11-18-15/h1-11H,(H,17,18). The van der Waals surface area contributed by atoms with E-state index in [-0.39, 0.29) is 5.97 Å². The van der Waals surface area contributed by atoms with E-state index in [0.717, 1.165) is 11.4 Å². The van der Waals surface area contributed by atoms with Gasteiger partial charge in [0.05, 0.1) is 5.56 Å². The fourth-order valence-electron chi connectivity index (χ4n) is 1.84. The minimum atomic E-state index is -0.364. The van der Waals surface area contributed by atoms with Gasteiger partial charge in [-0.25, -0.2) is 9.78 Å². The third-order valence-electron chi connectivity index (χ3n) is 2.85. The number of H-pyrrole nitrogens is 1. The van der Waals surface area contributed by atoms with Crippen molar-refractivity contribution >= 4 is 5.97 Å². The molecule has 0 fully saturated rings. The van der Waals surface area contributed by atoms with E-state index in [9.17, 15) is 4.79 Å². The van der Waals surface area contributed by atoms with Gasteiger partial charge in [0.1, 0.15) is 11.6 Å². The average molecular weight is 264 g/mol. The van der Waals surface area contributed by atoms with Crippen molar-refractivity contribution < 1.29 is 9.53 Å². The zero-order valence-corrected chi connectivity index (χ0v) is 10.6. The first-order valence-corrected chi connectivity index (χ1v) is 6.20. The van der Waals surface area contributed by atoms with Gasteiger partial charge >= 0.3 is 5.97 Å². The van der Waals surface area contributed by atoms with E-state index < -0.39 is 0 Å². The Kier molecular flexibility index (Phi) is 3.29. The quantitative estimate of drug-likeness (QED) is 0.583. The number of rotatable bonds is 3. The molecule has 0 saturated heterocycles. The molecule has 0 saturated carbocycles. The summed E-state index contributed by atoms with van der Waals surface area (Å²) in [6.45, 7) is 0. The maximum Gasteiger partial charge on any atom is 0.343 e. The Bertz CT molecular complexity index is 689. The molecule has 0 spiro atoms. The number of hydrogen-bond acceptors (Lipinski definition) is 3. The Morgan fingerprint density at radius 2 is 1.75 bits per heavy atom. The summed E-state index contributed by atoms with van der Waals surface area (Å²) in [5.74, 6) is 0.927. The molecule has 1 heterocycles. The van der Waals surface area contributed by atoms with E-state index in [2.05, 4.69) is 9.97 Å². The highest BCUT2D eigenvalue weighted by Gasteiger charge is 2.08. The van der Waals surface area contributed by atoms with Gasteiger partial charge in [0.2, 0.25) is 0 Å². The predicted molar refractivity (Wildman–Crippen MR) is 75.4 cm³/mol. The van der Waals surface area contributed by atoms with Crippen LogP contribution in [0.15, 0.2) is 67.0 Å². The summed E-state index contributed by atoms with van der Waals surface area (Å²) < 4.78 is 5.30. The van der Waals surface area contributed by atoms with Gasteiger partial charge in [-0.2, -0.15) is 0 Å². The van der Waals surface area contributed by atoms with Crippen LogP contribution in [-0.2, 0) is 0 Å². The van der Waals surface area contributed by atoms with Crippen LogP contribution in [-0.4, -0.2) is 15.9 Å². The molecule has 1 N–H and O–H groups in total. The van der Waals surface area contributed by atoms with E-state index in [1.54, 1.807) is 48.8 Å². The van der Waals surface area contributed by atoms with Crippen molar-refractivity contribution in [3.63, 3.8) is 0 Å². The second-order valence-electron chi connectivity index (χ2n) is 4.22. The van der Waals surface area contributed by atoms with Gasteiger partial charge in [0.25, 0.3) is 0 Å². The van der Waals surface area contributed by atoms with Gasteiger partial charge < -0.3 is 9.72 Å². The zero-order valence-electron chi connectivity index (χ0n) is 10.6. The first kappa shape index (κ1) is 12.2. The Morgan fingerprint density at radius 1 is 1.00 bits per heavy atom. The number of carbonyl (C=O) groups is 1. The van der Waals surface area contributed by atoms with Crippen LogP contribution in [0.2, 0.25) is 0 Å². The summed E-state index contributed by atoms with van der Waals surface area (Å²) in [5.41, 5.74) is 1.47. The van der Waals surface area contributed by atoms with Crippen LogP contribution in [0.3, 0.4) is 0 Å². The summed E-state index contributed by atoms with van der Waals surface area (Å²) in [7, 11) is 0. The molecule has 0 aliphatic heterocycles. The molecule has 0 aliphatic rings. The third-order valence-corrected chi connectivity index (χ3v) is 2.85. The molecule has 20 heavy (non-hydrogen) atoms. The lowest BCUT2D eigenvalue weighted by molar-refractivity contribution is 0.0735. The molecule has 0 amide bonds. The first-order valence-electron chi connectivity index (χ1n) is 6.20. The first-order chi connectivity index (χ1) is 9.83. The fourth-order valence-corrected chi connectivity index (χ4v) is 1.84. The highest BCUT2D eigenvalue weighted by molar-refractivity contribution is 5.91. The minimum Gasteiger partial charge on any atom is -0.423 e. The largest absolute Gasteiger partial charge is 0.423 e. The lowest BCUT2D eigenvalue weighted by Gasteiger charge is -2.04. The Labute approximate surface area is 116 Å². The second-order valence-corrected chi connectivity index (χ2v) is 4.22. The van der Waals surface area contributed by atoms with Gasteiger partial charge in [-0.05, 0) is 36.4 Å². The van der Waals surface area contributed by atoms with Gasteiger partial charge in [-0.3, -0.25) is 0 Å². The maximum absolute atomic E-state index is 11.9. The van der Waals surface area contributed by atoms with Crippen molar-refractivity contribution in [2.24, 2.45) is 0 Å². The Morgan fingerprint density at radius 3 is 2.40 bits per heavy atom. The van der Waals surface area contributed by atoms with Crippen molar-refractivity contribution in [1.29, 1.82) is 0 Å². The number of carbonyl (C=O) groups excluding carboxylic acids is 1. The van der Waals surface area contributed by atoms with Gasteiger partial charge in [-0.1, -0.05) is 18.2 Å². The molecule has 98 valence electrons. The van der Waals surface area contributed by atoms with Crippen molar-refractivity contribution in [2.45, 2.75) is 0 Å². The van der Waals surface area contributed by atoms with E-state index >= 15 is 0 Å². The monoisotopic (exact) mass is 264 g/mol. The number of nitrogens with one attached hydrogen (secondary N) is 1. The lowest BCUT2D eigenvalue weighted by Crippen LogP contribution is -2.07. The molecule has 2 aromatic carbocycles. The maximum atomic E-state index is 11.9. The number of aromatic amines is 1. The number of benzene rings is 2. The van der Waals surface area contributed by atoms with Crippen molar-refractivity contribution in [3.8, 4) is 17.1 Å². The summed E-state index contributed by atoms with van der Waals surface area (Å²) in [4.78, 5) is 19.1. The second kappa shape index (κ2) is 5.40. The number of hydrogen-bond donors (Lipinski definition) is 1. The lowest BCUT2D eigenvalue weighted by atomic mass is 10.2. The van der Waals surface area contributed by atoms with Crippen molar-refractivity contribution in [2.75, 3.05) is 0 Å². The van der Waals surface area contributed by atoms with Crippen LogP contribution in [0.25, 0.3) is 11.4 Å². The van der Waals surface area contributed by atoms with Crippen LogP contribution in [0.4, 0.5) is 0 Å².